The third kappa shape index (κ3) is 2.07. The van der Waals surface area contributed by atoms with Gasteiger partial charge in [-0.2, -0.15) is 0 Å². The molecule has 0 aromatic carbocycles. The summed E-state index contributed by atoms with van der Waals surface area (Å²) in [5.74, 6) is -0.203. The van der Waals surface area contributed by atoms with E-state index in [1.165, 1.54) is 0 Å². The van der Waals surface area contributed by atoms with Crippen molar-refractivity contribution in [2.24, 2.45) is 0 Å². The van der Waals surface area contributed by atoms with E-state index in [9.17, 15) is 4.39 Å². The second-order valence-electron chi connectivity index (χ2n) is 3.11. The van der Waals surface area contributed by atoms with Crippen molar-refractivity contribution in [2.75, 3.05) is 0 Å². The zero-order valence-electron chi connectivity index (χ0n) is 6.98. The van der Waals surface area contributed by atoms with Crippen LogP contribution in [0.5, 0.6) is 0 Å². The maximum Gasteiger partial charge on any atom is 0.157 e. The van der Waals surface area contributed by atoms with Gasteiger partial charge in [-0.15, -0.1) is 0 Å². The summed E-state index contributed by atoms with van der Waals surface area (Å²) in [6, 6.07) is 0. The summed E-state index contributed by atoms with van der Waals surface area (Å²) in [6.45, 7) is 6.89. The molecule has 0 amide bonds. The second-order valence-corrected chi connectivity index (χ2v) is 3.11. The Morgan fingerprint density at radius 3 is 2.45 bits per heavy atom. The van der Waals surface area contributed by atoms with E-state index < -0.39 is 5.83 Å². The van der Waals surface area contributed by atoms with Crippen molar-refractivity contribution in [1.29, 1.82) is 0 Å². The maximum atomic E-state index is 12.5. The summed E-state index contributed by atoms with van der Waals surface area (Å²) in [5.41, 5.74) is -0.114. The Labute approximate surface area is 66.6 Å². The number of hydrogen-bond donors (Lipinski definition) is 0. The molecule has 1 rings (SSSR count). The summed E-state index contributed by atoms with van der Waals surface area (Å²) in [6.07, 6.45) is 3.63. The molecule has 2 heteroatoms. The van der Waals surface area contributed by atoms with Gasteiger partial charge in [0.25, 0.3) is 0 Å². The van der Waals surface area contributed by atoms with E-state index >= 15 is 0 Å². The summed E-state index contributed by atoms with van der Waals surface area (Å²) in [4.78, 5) is 0. The predicted molar refractivity (Wildman–Crippen MR) is 42.7 cm³/mol. The van der Waals surface area contributed by atoms with Crippen molar-refractivity contribution in [3.05, 3.63) is 24.2 Å². The largest absolute Gasteiger partial charge is 0.485 e. The Hall–Kier alpha value is -0.790. The molecular formula is C9H13FO. The monoisotopic (exact) mass is 156 g/mol. The Balaban J connectivity index is 2.52. The van der Waals surface area contributed by atoms with Gasteiger partial charge in [0.1, 0.15) is 5.60 Å². The first-order valence-corrected chi connectivity index (χ1v) is 3.77. The van der Waals surface area contributed by atoms with Crippen LogP contribution in [0.2, 0.25) is 0 Å². The highest BCUT2D eigenvalue weighted by atomic mass is 19.1. The molecule has 0 atom stereocenters. The van der Waals surface area contributed by atoms with Crippen LogP contribution in [0.1, 0.15) is 26.7 Å². The molecule has 1 fully saturated rings. The summed E-state index contributed by atoms with van der Waals surface area (Å²) in [5, 5.41) is 0. The lowest BCUT2D eigenvalue weighted by Crippen LogP contribution is -2.07. The molecule has 62 valence electrons. The van der Waals surface area contributed by atoms with Gasteiger partial charge in [0, 0.05) is 0 Å². The highest BCUT2D eigenvalue weighted by Gasteiger charge is 2.40. The summed E-state index contributed by atoms with van der Waals surface area (Å²) >= 11 is 0. The molecule has 0 N–H and O–H groups in total. The van der Waals surface area contributed by atoms with Crippen LogP contribution in [0, 0.1) is 0 Å². The fourth-order valence-corrected chi connectivity index (χ4v) is 0.814. The summed E-state index contributed by atoms with van der Waals surface area (Å²) < 4.78 is 17.9. The van der Waals surface area contributed by atoms with Crippen molar-refractivity contribution in [2.45, 2.75) is 32.3 Å². The van der Waals surface area contributed by atoms with E-state index in [4.69, 9.17) is 4.74 Å². The summed E-state index contributed by atoms with van der Waals surface area (Å²) in [7, 11) is 0. The standard InChI is InChI=1S/C9H13FO/c1-4-8(7(2)10)11-9(3)5-6-9/h4H,2,5-6H2,1,3H3/b8-4+. The van der Waals surface area contributed by atoms with Crippen molar-refractivity contribution >= 4 is 0 Å². The zero-order chi connectivity index (χ0) is 8.48. The van der Waals surface area contributed by atoms with E-state index in [1.54, 1.807) is 13.0 Å². The molecule has 0 saturated heterocycles. The molecule has 0 unspecified atom stereocenters. The highest BCUT2D eigenvalue weighted by Crippen LogP contribution is 2.41. The maximum absolute atomic E-state index is 12.5. The molecule has 0 aliphatic heterocycles. The van der Waals surface area contributed by atoms with Crippen molar-refractivity contribution in [1.82, 2.24) is 0 Å². The molecule has 1 nitrogen and oxygen atoms in total. The zero-order valence-corrected chi connectivity index (χ0v) is 6.98. The third-order valence-corrected chi connectivity index (χ3v) is 1.84. The third-order valence-electron chi connectivity index (χ3n) is 1.84. The van der Waals surface area contributed by atoms with Gasteiger partial charge in [-0.25, -0.2) is 4.39 Å². The highest BCUT2D eigenvalue weighted by molar-refractivity contribution is 5.17. The van der Waals surface area contributed by atoms with Crippen LogP contribution in [0.25, 0.3) is 0 Å². The molecule has 0 bridgehead atoms. The van der Waals surface area contributed by atoms with Gasteiger partial charge in [0.05, 0.1) is 0 Å². The lowest BCUT2D eigenvalue weighted by Gasteiger charge is -2.13. The SMILES string of the molecule is C=C(F)/C(=C\C)OC1(C)CC1. The molecule has 1 aliphatic rings. The van der Waals surface area contributed by atoms with E-state index in [1.807, 2.05) is 6.92 Å². The van der Waals surface area contributed by atoms with Gasteiger partial charge in [-0.05, 0) is 32.8 Å². The minimum Gasteiger partial charge on any atom is -0.485 e. The molecule has 1 saturated carbocycles. The Morgan fingerprint density at radius 1 is 1.64 bits per heavy atom. The minimum atomic E-state index is -0.486. The van der Waals surface area contributed by atoms with Gasteiger partial charge in [-0.3, -0.25) is 0 Å². The number of rotatable bonds is 3. The van der Waals surface area contributed by atoms with Crippen LogP contribution >= 0.6 is 0 Å². The van der Waals surface area contributed by atoms with Gasteiger partial charge < -0.3 is 4.74 Å². The Bertz CT molecular complexity index is 202. The fraction of sp³-hybridized carbons (Fsp3) is 0.556. The predicted octanol–water partition coefficient (Wildman–Crippen LogP) is 2.94. The Morgan fingerprint density at radius 2 is 2.18 bits per heavy atom. The van der Waals surface area contributed by atoms with E-state index in [2.05, 4.69) is 6.58 Å². The normalized spacial score (nSPS) is 21.2. The van der Waals surface area contributed by atoms with Crippen molar-refractivity contribution in [3.63, 3.8) is 0 Å². The smallest absolute Gasteiger partial charge is 0.157 e. The quantitative estimate of drug-likeness (QED) is 0.451. The molecule has 0 spiro atoms. The topological polar surface area (TPSA) is 9.23 Å². The number of hydrogen-bond acceptors (Lipinski definition) is 1. The van der Waals surface area contributed by atoms with Gasteiger partial charge in [0.2, 0.25) is 0 Å². The molecule has 0 radical (unpaired) electrons. The average Bonchev–Trinajstić information content (AvgIpc) is 2.64. The molecule has 0 aromatic rings. The molecule has 0 aromatic heterocycles. The van der Waals surface area contributed by atoms with Crippen molar-refractivity contribution < 1.29 is 9.13 Å². The first-order chi connectivity index (χ1) is 5.07. The first-order valence-electron chi connectivity index (χ1n) is 3.77. The first kappa shape index (κ1) is 8.31. The van der Waals surface area contributed by atoms with E-state index in [0.717, 1.165) is 12.8 Å². The molecule has 1 aliphatic carbocycles. The van der Waals surface area contributed by atoms with Gasteiger partial charge in [-0.1, -0.05) is 6.58 Å². The van der Waals surface area contributed by atoms with Crippen LogP contribution in [0.3, 0.4) is 0 Å². The fourth-order valence-electron chi connectivity index (χ4n) is 0.814. The van der Waals surface area contributed by atoms with Gasteiger partial charge in [0.15, 0.2) is 11.6 Å². The molecule has 11 heavy (non-hydrogen) atoms. The van der Waals surface area contributed by atoms with Crippen LogP contribution < -0.4 is 0 Å². The van der Waals surface area contributed by atoms with Crippen LogP contribution in [-0.2, 0) is 4.74 Å². The molecular weight excluding hydrogens is 143 g/mol. The average molecular weight is 156 g/mol. The van der Waals surface area contributed by atoms with Crippen LogP contribution in [0.15, 0.2) is 24.2 Å². The second kappa shape index (κ2) is 2.68. The lowest BCUT2D eigenvalue weighted by molar-refractivity contribution is 0.109. The Kier molecular flexibility index (Phi) is 2.03. The van der Waals surface area contributed by atoms with Crippen LogP contribution in [-0.4, -0.2) is 5.60 Å². The lowest BCUT2D eigenvalue weighted by atomic mass is 10.3. The number of ether oxygens (including phenoxy) is 1. The van der Waals surface area contributed by atoms with Crippen LogP contribution in [0.4, 0.5) is 4.39 Å². The van der Waals surface area contributed by atoms with Crippen molar-refractivity contribution in [3.8, 4) is 0 Å². The van der Waals surface area contributed by atoms with E-state index in [0.29, 0.717) is 0 Å². The minimum absolute atomic E-state index is 0.114. The number of halogens is 1. The van der Waals surface area contributed by atoms with E-state index in [-0.39, 0.29) is 11.4 Å². The molecule has 0 heterocycles. The number of allylic oxidation sites excluding steroid dienone is 2. The van der Waals surface area contributed by atoms with Gasteiger partial charge >= 0.3 is 0 Å².